The predicted molar refractivity (Wildman–Crippen MR) is 106 cm³/mol. The summed E-state index contributed by atoms with van der Waals surface area (Å²) in [6, 6.07) is 16.3. The Morgan fingerprint density at radius 1 is 1.14 bits per heavy atom. The SMILES string of the molecule is CC(C)NC(N)=NCc1ccccc1-c1ccc(Cl)cc1.I. The zero-order valence-electron chi connectivity index (χ0n) is 12.7. The predicted octanol–water partition coefficient (Wildman–Crippen LogP) is 4.44. The van der Waals surface area contributed by atoms with Crippen LogP contribution in [0.15, 0.2) is 53.5 Å². The van der Waals surface area contributed by atoms with Crippen LogP contribution in [0.1, 0.15) is 19.4 Å². The summed E-state index contributed by atoms with van der Waals surface area (Å²) in [5.41, 5.74) is 9.26. The highest BCUT2D eigenvalue weighted by molar-refractivity contribution is 14.0. The number of hydrogen-bond donors (Lipinski definition) is 2. The Bertz CT molecular complexity index is 624. The van der Waals surface area contributed by atoms with E-state index in [1.807, 2.05) is 50.2 Å². The summed E-state index contributed by atoms with van der Waals surface area (Å²) in [6.07, 6.45) is 0. The summed E-state index contributed by atoms with van der Waals surface area (Å²) < 4.78 is 0. The van der Waals surface area contributed by atoms with Gasteiger partial charge in [0.25, 0.3) is 0 Å². The fourth-order valence-corrected chi connectivity index (χ4v) is 2.21. The Morgan fingerprint density at radius 3 is 2.41 bits per heavy atom. The Hall–Kier alpha value is -1.27. The normalized spacial score (nSPS) is 11.2. The molecule has 0 aromatic heterocycles. The molecule has 2 aromatic carbocycles. The first-order valence-electron chi connectivity index (χ1n) is 6.96. The van der Waals surface area contributed by atoms with E-state index in [4.69, 9.17) is 17.3 Å². The molecule has 3 N–H and O–H groups in total. The van der Waals surface area contributed by atoms with Crippen molar-refractivity contribution in [2.45, 2.75) is 26.4 Å². The number of nitrogens with zero attached hydrogens (tertiary/aromatic N) is 1. The number of guanidine groups is 1. The van der Waals surface area contributed by atoms with Gasteiger partial charge in [-0.1, -0.05) is 48.0 Å². The second-order valence-corrected chi connectivity index (χ2v) is 5.60. The highest BCUT2D eigenvalue weighted by Gasteiger charge is 2.04. The molecule has 0 aliphatic carbocycles. The minimum Gasteiger partial charge on any atom is -0.370 e. The van der Waals surface area contributed by atoms with E-state index < -0.39 is 0 Å². The third-order valence-electron chi connectivity index (χ3n) is 3.03. The second-order valence-electron chi connectivity index (χ2n) is 5.16. The van der Waals surface area contributed by atoms with Crippen molar-refractivity contribution in [3.8, 4) is 11.1 Å². The van der Waals surface area contributed by atoms with Gasteiger partial charge in [0.05, 0.1) is 6.54 Å². The first kappa shape index (κ1) is 18.8. The van der Waals surface area contributed by atoms with Gasteiger partial charge < -0.3 is 11.1 Å². The highest BCUT2D eigenvalue weighted by Crippen LogP contribution is 2.25. The van der Waals surface area contributed by atoms with Crippen molar-refractivity contribution in [3.05, 3.63) is 59.1 Å². The van der Waals surface area contributed by atoms with Crippen LogP contribution in [0.3, 0.4) is 0 Å². The van der Waals surface area contributed by atoms with E-state index in [2.05, 4.69) is 22.4 Å². The quantitative estimate of drug-likeness (QED) is 0.429. The molecule has 2 aromatic rings. The summed E-state index contributed by atoms with van der Waals surface area (Å²) in [5.74, 6) is 0.468. The summed E-state index contributed by atoms with van der Waals surface area (Å²) in [7, 11) is 0. The maximum atomic E-state index is 5.94. The maximum Gasteiger partial charge on any atom is 0.189 e. The number of halogens is 2. The number of nitrogens with one attached hydrogen (secondary N) is 1. The zero-order chi connectivity index (χ0) is 15.2. The Labute approximate surface area is 154 Å². The fourth-order valence-electron chi connectivity index (χ4n) is 2.08. The van der Waals surface area contributed by atoms with Crippen LogP contribution in [0.2, 0.25) is 5.02 Å². The first-order chi connectivity index (χ1) is 10.1. The van der Waals surface area contributed by atoms with Gasteiger partial charge >= 0.3 is 0 Å². The first-order valence-corrected chi connectivity index (χ1v) is 7.34. The lowest BCUT2D eigenvalue weighted by Crippen LogP contribution is -2.36. The Kier molecular flexibility index (Phi) is 7.68. The van der Waals surface area contributed by atoms with Crippen LogP contribution in [0.4, 0.5) is 0 Å². The van der Waals surface area contributed by atoms with Crippen molar-refractivity contribution in [3.63, 3.8) is 0 Å². The van der Waals surface area contributed by atoms with Crippen LogP contribution in [0, 0.1) is 0 Å². The molecule has 118 valence electrons. The van der Waals surface area contributed by atoms with Gasteiger partial charge in [0.2, 0.25) is 0 Å². The van der Waals surface area contributed by atoms with Crippen LogP contribution >= 0.6 is 35.6 Å². The van der Waals surface area contributed by atoms with Crippen molar-refractivity contribution in [1.29, 1.82) is 0 Å². The molecule has 0 saturated heterocycles. The molecule has 3 nitrogen and oxygen atoms in total. The second kappa shape index (κ2) is 9.00. The molecule has 5 heteroatoms. The number of hydrogen-bond acceptors (Lipinski definition) is 1. The van der Waals surface area contributed by atoms with Crippen molar-refractivity contribution in [2.75, 3.05) is 0 Å². The lowest BCUT2D eigenvalue weighted by molar-refractivity contribution is 0.723. The third kappa shape index (κ3) is 5.50. The van der Waals surface area contributed by atoms with E-state index >= 15 is 0 Å². The van der Waals surface area contributed by atoms with Gasteiger partial charge in [-0.05, 0) is 42.7 Å². The fraction of sp³-hybridized carbons (Fsp3) is 0.235. The molecule has 0 bridgehead atoms. The van der Waals surface area contributed by atoms with Crippen molar-refractivity contribution in [2.24, 2.45) is 10.7 Å². The monoisotopic (exact) mass is 429 g/mol. The summed E-state index contributed by atoms with van der Waals surface area (Å²) in [6.45, 7) is 4.61. The van der Waals surface area contributed by atoms with Crippen molar-refractivity contribution < 1.29 is 0 Å². The highest BCUT2D eigenvalue weighted by atomic mass is 127. The number of nitrogens with two attached hydrogens (primary N) is 1. The van der Waals surface area contributed by atoms with Gasteiger partial charge in [-0.2, -0.15) is 0 Å². The maximum absolute atomic E-state index is 5.94. The van der Waals surface area contributed by atoms with Crippen molar-refractivity contribution >= 4 is 41.5 Å². The molecule has 0 spiro atoms. The molecule has 0 atom stereocenters. The van der Waals surface area contributed by atoms with E-state index in [1.54, 1.807) is 0 Å². The van der Waals surface area contributed by atoms with E-state index in [9.17, 15) is 0 Å². The molecule has 2 rings (SSSR count). The summed E-state index contributed by atoms with van der Waals surface area (Å²) >= 11 is 5.94. The lowest BCUT2D eigenvalue weighted by Gasteiger charge is -2.11. The van der Waals surface area contributed by atoms with E-state index in [0.29, 0.717) is 12.5 Å². The van der Waals surface area contributed by atoms with Crippen molar-refractivity contribution in [1.82, 2.24) is 5.32 Å². The van der Waals surface area contributed by atoms with Gasteiger partial charge in [0, 0.05) is 11.1 Å². The van der Waals surface area contributed by atoms with Crippen LogP contribution in [-0.2, 0) is 6.54 Å². The van der Waals surface area contributed by atoms with E-state index in [1.165, 1.54) is 0 Å². The summed E-state index contributed by atoms with van der Waals surface area (Å²) in [4.78, 5) is 4.40. The van der Waals surface area contributed by atoms with Gasteiger partial charge in [-0.15, -0.1) is 24.0 Å². The molecule has 0 fully saturated rings. The Morgan fingerprint density at radius 2 is 1.77 bits per heavy atom. The average Bonchev–Trinajstić information content (AvgIpc) is 2.46. The minimum absolute atomic E-state index is 0. The molecule has 0 radical (unpaired) electrons. The standard InChI is InChI=1S/C17H20ClN3.HI/c1-12(2)21-17(19)20-11-14-5-3-4-6-16(14)13-7-9-15(18)10-8-13;/h3-10,12H,11H2,1-2H3,(H3,19,20,21);1H. The molecule has 22 heavy (non-hydrogen) atoms. The van der Waals surface area contributed by atoms with E-state index in [0.717, 1.165) is 21.7 Å². The molecule has 0 aliphatic heterocycles. The summed E-state index contributed by atoms with van der Waals surface area (Å²) in [5, 5.41) is 3.83. The molecular weight excluding hydrogens is 409 g/mol. The molecule has 0 heterocycles. The van der Waals surface area contributed by atoms with Gasteiger partial charge in [-0.25, -0.2) is 4.99 Å². The molecular formula is C17H21ClIN3. The smallest absolute Gasteiger partial charge is 0.189 e. The van der Waals surface area contributed by atoms with Gasteiger partial charge in [0.1, 0.15) is 0 Å². The minimum atomic E-state index is 0. The van der Waals surface area contributed by atoms with Crippen LogP contribution in [0.5, 0.6) is 0 Å². The average molecular weight is 430 g/mol. The third-order valence-corrected chi connectivity index (χ3v) is 3.28. The lowest BCUT2D eigenvalue weighted by atomic mass is 10.00. The van der Waals surface area contributed by atoms with Gasteiger partial charge in [-0.3, -0.25) is 0 Å². The van der Waals surface area contributed by atoms with E-state index in [-0.39, 0.29) is 30.0 Å². The van der Waals surface area contributed by atoms with Gasteiger partial charge in [0.15, 0.2) is 5.96 Å². The topological polar surface area (TPSA) is 50.4 Å². The number of rotatable bonds is 4. The molecule has 0 aliphatic rings. The number of benzene rings is 2. The zero-order valence-corrected chi connectivity index (χ0v) is 15.8. The van der Waals surface area contributed by atoms with Crippen LogP contribution in [0.25, 0.3) is 11.1 Å². The largest absolute Gasteiger partial charge is 0.370 e. The molecule has 0 unspecified atom stereocenters. The molecule has 0 saturated carbocycles. The Balaban J connectivity index is 0.00000242. The molecule has 0 amide bonds. The van der Waals surface area contributed by atoms with Crippen LogP contribution < -0.4 is 11.1 Å². The van der Waals surface area contributed by atoms with Crippen LogP contribution in [-0.4, -0.2) is 12.0 Å². The number of aliphatic imine (C=N–C) groups is 1.